The maximum Gasteiger partial charge on any atom is 0.140 e. The summed E-state index contributed by atoms with van der Waals surface area (Å²) in [5.41, 5.74) is 6.85. The number of nitrogens with zero attached hydrogens (tertiary/aromatic N) is 1. The maximum atomic E-state index is 6.59. The highest BCUT2D eigenvalue weighted by Crippen LogP contribution is 2.45. The van der Waals surface area contributed by atoms with E-state index in [-0.39, 0.29) is 5.92 Å². The molecule has 38 heavy (non-hydrogen) atoms. The highest BCUT2D eigenvalue weighted by Gasteiger charge is 2.30. The molecule has 0 saturated heterocycles. The van der Waals surface area contributed by atoms with Gasteiger partial charge >= 0.3 is 0 Å². The second kappa shape index (κ2) is 10.8. The van der Waals surface area contributed by atoms with Gasteiger partial charge in [-0.15, -0.1) is 0 Å². The zero-order valence-corrected chi connectivity index (χ0v) is 21.4. The van der Waals surface area contributed by atoms with Crippen molar-refractivity contribution in [2.24, 2.45) is 4.99 Å². The Morgan fingerprint density at radius 2 is 1.63 bits per heavy atom. The molecule has 1 aliphatic heterocycles. The molecule has 1 aliphatic rings. The molecule has 4 nitrogen and oxygen atoms in total. The highest BCUT2D eigenvalue weighted by atomic mass is 16.5. The number of ether oxygens (including phenoxy) is 2. The molecule has 1 aromatic heterocycles. The van der Waals surface area contributed by atoms with Gasteiger partial charge in [-0.25, -0.2) is 0 Å². The molecule has 4 aromatic carbocycles. The SMILES string of the molecule is CCOc1ccc(C2=C(C=NCCc3c[nH]c4ccccc34)C(c3ccccc3)c3ccccc3O2)cc1. The van der Waals surface area contributed by atoms with Gasteiger partial charge in [-0.3, -0.25) is 4.99 Å². The zero-order valence-electron chi connectivity index (χ0n) is 21.4. The summed E-state index contributed by atoms with van der Waals surface area (Å²) < 4.78 is 12.3. The predicted molar refractivity (Wildman–Crippen MR) is 155 cm³/mol. The minimum Gasteiger partial charge on any atom is -0.494 e. The maximum absolute atomic E-state index is 6.59. The number of aromatic nitrogens is 1. The Hall–Kier alpha value is -4.57. The van der Waals surface area contributed by atoms with Gasteiger partial charge in [0.15, 0.2) is 0 Å². The fourth-order valence-corrected chi connectivity index (χ4v) is 5.20. The number of allylic oxidation sites excluding steroid dienone is 1. The fourth-order valence-electron chi connectivity index (χ4n) is 5.20. The first-order valence-electron chi connectivity index (χ1n) is 13.2. The monoisotopic (exact) mass is 498 g/mol. The average Bonchev–Trinajstić information content (AvgIpc) is 3.39. The Morgan fingerprint density at radius 1 is 0.868 bits per heavy atom. The molecule has 188 valence electrons. The first-order chi connectivity index (χ1) is 18.8. The number of hydrogen-bond donors (Lipinski definition) is 1. The first-order valence-corrected chi connectivity index (χ1v) is 13.2. The third-order valence-corrected chi connectivity index (χ3v) is 6.99. The van der Waals surface area contributed by atoms with Gasteiger partial charge in [0.05, 0.1) is 6.61 Å². The average molecular weight is 499 g/mol. The summed E-state index contributed by atoms with van der Waals surface area (Å²) in [6.45, 7) is 3.31. The number of aliphatic imine (C=N–C) groups is 1. The van der Waals surface area contributed by atoms with Crippen LogP contribution in [0.3, 0.4) is 0 Å². The van der Waals surface area contributed by atoms with Crippen LogP contribution in [0.2, 0.25) is 0 Å². The van der Waals surface area contributed by atoms with Gasteiger partial charge < -0.3 is 14.5 Å². The van der Waals surface area contributed by atoms with E-state index < -0.39 is 0 Å². The Bertz CT molecular complexity index is 1600. The fraction of sp³-hybridized carbons (Fsp3) is 0.147. The van der Waals surface area contributed by atoms with Crippen molar-refractivity contribution in [1.82, 2.24) is 4.98 Å². The third kappa shape index (κ3) is 4.73. The number of nitrogens with one attached hydrogen (secondary N) is 1. The van der Waals surface area contributed by atoms with Crippen LogP contribution < -0.4 is 9.47 Å². The molecule has 4 heteroatoms. The van der Waals surface area contributed by atoms with E-state index >= 15 is 0 Å². The number of fused-ring (bicyclic) bond motifs is 2. The highest BCUT2D eigenvalue weighted by molar-refractivity contribution is 5.94. The number of aromatic amines is 1. The first kappa shape index (κ1) is 23.8. The number of rotatable bonds is 8. The summed E-state index contributed by atoms with van der Waals surface area (Å²) in [5.74, 6) is 2.57. The van der Waals surface area contributed by atoms with E-state index in [0.717, 1.165) is 45.9 Å². The van der Waals surface area contributed by atoms with E-state index in [2.05, 4.69) is 90.0 Å². The second-order valence-electron chi connectivity index (χ2n) is 9.37. The predicted octanol–water partition coefficient (Wildman–Crippen LogP) is 7.82. The van der Waals surface area contributed by atoms with E-state index in [1.165, 1.54) is 16.5 Å². The summed E-state index contributed by atoms with van der Waals surface area (Å²) in [6, 6.07) is 35.4. The summed E-state index contributed by atoms with van der Waals surface area (Å²) in [6.07, 6.45) is 4.98. The Balaban J connectivity index is 1.39. The van der Waals surface area contributed by atoms with Crippen LogP contribution in [-0.2, 0) is 6.42 Å². The van der Waals surface area contributed by atoms with Gasteiger partial charge in [0.2, 0.25) is 0 Å². The third-order valence-electron chi connectivity index (χ3n) is 6.99. The van der Waals surface area contributed by atoms with Crippen LogP contribution in [0.15, 0.2) is 120 Å². The largest absolute Gasteiger partial charge is 0.494 e. The van der Waals surface area contributed by atoms with Crippen LogP contribution in [0.25, 0.3) is 16.7 Å². The van der Waals surface area contributed by atoms with Gasteiger partial charge in [-0.1, -0.05) is 66.7 Å². The van der Waals surface area contributed by atoms with Crippen molar-refractivity contribution < 1.29 is 9.47 Å². The van der Waals surface area contributed by atoms with Crippen molar-refractivity contribution >= 4 is 22.9 Å². The van der Waals surface area contributed by atoms with Crippen molar-refractivity contribution in [3.63, 3.8) is 0 Å². The summed E-state index contributed by atoms with van der Waals surface area (Å²) in [7, 11) is 0. The van der Waals surface area contributed by atoms with Crippen LogP contribution in [0.4, 0.5) is 0 Å². The zero-order chi connectivity index (χ0) is 25.7. The molecule has 1 atom stereocenters. The number of para-hydroxylation sites is 2. The lowest BCUT2D eigenvalue weighted by atomic mass is 9.81. The smallest absolute Gasteiger partial charge is 0.140 e. The Morgan fingerprint density at radius 3 is 2.47 bits per heavy atom. The standard InChI is InChI=1S/C34H30N2O2/c1-2-37-27-18-16-25(17-19-27)34-30(23-35-21-20-26-22-36-31-14-8-6-12-28(26)31)33(24-10-4-3-5-11-24)29-13-7-9-15-32(29)38-34/h3-19,22-23,33,36H,2,20-21H2,1H3. The van der Waals surface area contributed by atoms with E-state index in [4.69, 9.17) is 14.5 Å². The molecule has 0 bridgehead atoms. The van der Waals surface area contributed by atoms with Crippen molar-refractivity contribution in [3.8, 4) is 11.5 Å². The molecule has 0 amide bonds. The quantitative estimate of drug-likeness (QED) is 0.222. The number of benzene rings is 4. The van der Waals surface area contributed by atoms with Gasteiger partial charge in [-0.05, 0) is 60.9 Å². The molecule has 0 radical (unpaired) electrons. The minimum absolute atomic E-state index is 0.0135. The van der Waals surface area contributed by atoms with Crippen LogP contribution >= 0.6 is 0 Å². The molecule has 0 aliphatic carbocycles. The molecule has 6 rings (SSSR count). The summed E-state index contributed by atoms with van der Waals surface area (Å²) >= 11 is 0. The molecular weight excluding hydrogens is 468 g/mol. The Kier molecular flexibility index (Phi) is 6.77. The lowest BCUT2D eigenvalue weighted by Crippen LogP contribution is -2.17. The normalized spacial score (nSPS) is 15.0. The van der Waals surface area contributed by atoms with Crippen LogP contribution in [-0.4, -0.2) is 24.4 Å². The minimum atomic E-state index is 0.0135. The lowest BCUT2D eigenvalue weighted by Gasteiger charge is -2.30. The van der Waals surface area contributed by atoms with Crippen LogP contribution in [0.5, 0.6) is 11.5 Å². The molecular formula is C34H30N2O2. The van der Waals surface area contributed by atoms with E-state index in [1.807, 2.05) is 37.4 Å². The second-order valence-corrected chi connectivity index (χ2v) is 9.37. The number of hydrogen-bond acceptors (Lipinski definition) is 3. The van der Waals surface area contributed by atoms with Gasteiger partial charge in [0.1, 0.15) is 17.3 Å². The van der Waals surface area contributed by atoms with E-state index in [0.29, 0.717) is 13.2 Å². The van der Waals surface area contributed by atoms with Crippen molar-refractivity contribution in [2.45, 2.75) is 19.3 Å². The van der Waals surface area contributed by atoms with E-state index in [9.17, 15) is 0 Å². The topological polar surface area (TPSA) is 46.6 Å². The molecule has 5 aromatic rings. The Labute approximate surface area is 223 Å². The molecule has 1 unspecified atom stereocenters. The van der Waals surface area contributed by atoms with Gasteiger partial charge in [-0.2, -0.15) is 0 Å². The summed E-state index contributed by atoms with van der Waals surface area (Å²) in [5, 5.41) is 1.26. The summed E-state index contributed by atoms with van der Waals surface area (Å²) in [4.78, 5) is 8.32. The molecule has 0 spiro atoms. The van der Waals surface area contributed by atoms with Crippen molar-refractivity contribution in [2.75, 3.05) is 13.2 Å². The van der Waals surface area contributed by atoms with Crippen LogP contribution in [0, 0.1) is 0 Å². The number of H-pyrrole nitrogens is 1. The molecule has 0 saturated carbocycles. The molecule has 0 fully saturated rings. The van der Waals surface area contributed by atoms with Crippen molar-refractivity contribution in [3.05, 3.63) is 137 Å². The van der Waals surface area contributed by atoms with Gasteiger partial charge in [0.25, 0.3) is 0 Å². The van der Waals surface area contributed by atoms with Gasteiger partial charge in [0, 0.05) is 52.5 Å². The molecule has 1 N–H and O–H groups in total. The van der Waals surface area contributed by atoms with Crippen molar-refractivity contribution in [1.29, 1.82) is 0 Å². The van der Waals surface area contributed by atoms with E-state index in [1.54, 1.807) is 0 Å². The molecule has 2 heterocycles. The van der Waals surface area contributed by atoms with Crippen LogP contribution in [0.1, 0.15) is 35.1 Å². The lowest BCUT2D eigenvalue weighted by molar-refractivity contribution is 0.340.